The Bertz CT molecular complexity index is 426. The lowest BCUT2D eigenvalue weighted by molar-refractivity contribution is 0.0464. The summed E-state index contributed by atoms with van der Waals surface area (Å²) >= 11 is 0. The lowest BCUT2D eigenvalue weighted by Crippen LogP contribution is -2.55. The molecule has 1 saturated heterocycles. The van der Waals surface area contributed by atoms with Gasteiger partial charge in [-0.25, -0.2) is 10.2 Å². The van der Waals surface area contributed by atoms with Gasteiger partial charge in [0.05, 0.1) is 11.4 Å². The molecule has 0 aromatic heterocycles. The van der Waals surface area contributed by atoms with Crippen LogP contribution < -0.4 is 10.4 Å². The molecule has 1 amide bonds. The zero-order chi connectivity index (χ0) is 11.8. The highest BCUT2D eigenvalue weighted by molar-refractivity contribution is 5.75. The van der Waals surface area contributed by atoms with E-state index in [9.17, 15) is 4.79 Å². The number of ether oxygens (including phenoxy) is 1. The van der Waals surface area contributed by atoms with Gasteiger partial charge in [0, 0.05) is 0 Å². The van der Waals surface area contributed by atoms with Crippen molar-refractivity contribution in [1.29, 1.82) is 0 Å². The molecule has 1 aromatic carbocycles. The smallest absolute Gasteiger partial charge is 0.427 e. The topological polar surface area (TPSA) is 41.6 Å². The van der Waals surface area contributed by atoms with Crippen LogP contribution in [-0.4, -0.2) is 11.7 Å². The molecule has 0 aliphatic carbocycles. The third-order valence-corrected chi connectivity index (χ3v) is 2.53. The van der Waals surface area contributed by atoms with Gasteiger partial charge in [-0.3, -0.25) is 5.01 Å². The predicted octanol–water partition coefficient (Wildman–Crippen LogP) is 2.44. The van der Waals surface area contributed by atoms with E-state index >= 15 is 0 Å². The average molecular weight is 218 g/mol. The molecule has 2 rings (SSSR count). The fourth-order valence-electron chi connectivity index (χ4n) is 1.54. The summed E-state index contributed by atoms with van der Waals surface area (Å²) in [6.07, 6.45) is -0.471. The van der Waals surface area contributed by atoms with Crippen LogP contribution in [0, 0.1) is 0 Å². The maximum absolute atomic E-state index is 11.4. The number of para-hydroxylation sites is 1. The Morgan fingerprint density at radius 2 is 1.94 bits per heavy atom. The van der Waals surface area contributed by atoms with Gasteiger partial charge in [-0.15, -0.1) is 0 Å². The van der Waals surface area contributed by atoms with Crippen molar-refractivity contribution in [2.45, 2.75) is 19.4 Å². The van der Waals surface area contributed by atoms with E-state index in [-0.39, 0.29) is 0 Å². The first-order valence-corrected chi connectivity index (χ1v) is 5.05. The lowest BCUT2D eigenvalue weighted by atomic mass is 10.0. The first kappa shape index (κ1) is 10.5. The standard InChI is InChI=1S/C12H14N2O2/c1-9-12(2,3)16-11(15)13-14(9)10-7-5-4-6-8-10/h4-8H,1H2,2-3H3,(H,13,15). The second-order valence-corrected chi connectivity index (χ2v) is 4.13. The Kier molecular flexibility index (Phi) is 2.34. The van der Waals surface area contributed by atoms with Crippen molar-refractivity contribution in [3.8, 4) is 0 Å². The van der Waals surface area contributed by atoms with Crippen molar-refractivity contribution >= 4 is 11.8 Å². The van der Waals surface area contributed by atoms with E-state index in [4.69, 9.17) is 4.74 Å². The highest BCUT2D eigenvalue weighted by Crippen LogP contribution is 2.29. The van der Waals surface area contributed by atoms with Gasteiger partial charge in [0.2, 0.25) is 0 Å². The Hall–Kier alpha value is -1.97. The van der Waals surface area contributed by atoms with E-state index < -0.39 is 11.7 Å². The summed E-state index contributed by atoms with van der Waals surface area (Å²) < 4.78 is 5.15. The van der Waals surface area contributed by atoms with Gasteiger partial charge in [-0.2, -0.15) is 0 Å². The molecule has 4 nitrogen and oxygen atoms in total. The van der Waals surface area contributed by atoms with E-state index in [2.05, 4.69) is 12.0 Å². The van der Waals surface area contributed by atoms with Crippen LogP contribution in [0.15, 0.2) is 42.6 Å². The van der Waals surface area contributed by atoms with Gasteiger partial charge >= 0.3 is 6.09 Å². The van der Waals surface area contributed by atoms with Crippen molar-refractivity contribution in [3.05, 3.63) is 42.6 Å². The summed E-state index contributed by atoms with van der Waals surface area (Å²) in [5.74, 6) is 0. The van der Waals surface area contributed by atoms with E-state index in [0.29, 0.717) is 5.70 Å². The summed E-state index contributed by atoms with van der Waals surface area (Å²) in [4.78, 5) is 11.4. The van der Waals surface area contributed by atoms with Crippen LogP contribution in [0.1, 0.15) is 13.8 Å². The van der Waals surface area contributed by atoms with Crippen LogP contribution in [-0.2, 0) is 4.74 Å². The second kappa shape index (κ2) is 3.56. The number of nitrogens with zero attached hydrogens (tertiary/aromatic N) is 1. The molecule has 84 valence electrons. The summed E-state index contributed by atoms with van der Waals surface area (Å²) in [5, 5.41) is 1.64. The zero-order valence-corrected chi connectivity index (χ0v) is 9.36. The number of carbonyl (C=O) groups excluding carboxylic acids is 1. The minimum Gasteiger partial charge on any atom is -0.436 e. The van der Waals surface area contributed by atoms with Crippen LogP contribution in [0.5, 0.6) is 0 Å². The van der Waals surface area contributed by atoms with Gasteiger partial charge in [0.1, 0.15) is 5.60 Å². The maximum Gasteiger partial charge on any atom is 0.427 e. The molecule has 0 radical (unpaired) electrons. The Morgan fingerprint density at radius 3 is 2.56 bits per heavy atom. The number of nitrogens with one attached hydrogen (secondary N) is 1. The van der Waals surface area contributed by atoms with Crippen molar-refractivity contribution < 1.29 is 9.53 Å². The minimum atomic E-state index is -0.696. The Labute approximate surface area is 94.5 Å². The van der Waals surface area contributed by atoms with Gasteiger partial charge in [-0.1, -0.05) is 24.8 Å². The molecule has 0 spiro atoms. The molecule has 4 heteroatoms. The number of amides is 1. The van der Waals surface area contributed by atoms with Gasteiger partial charge < -0.3 is 4.74 Å². The summed E-state index contributed by atoms with van der Waals surface area (Å²) in [5.41, 5.74) is 3.47. The van der Waals surface area contributed by atoms with E-state index in [1.807, 2.05) is 44.2 Å². The molecule has 1 aliphatic heterocycles. The number of hydrogen-bond acceptors (Lipinski definition) is 3. The number of carbonyl (C=O) groups is 1. The maximum atomic E-state index is 11.4. The normalized spacial score (nSPS) is 19.0. The molecule has 1 aliphatic rings. The molecular weight excluding hydrogens is 204 g/mol. The fourth-order valence-corrected chi connectivity index (χ4v) is 1.54. The molecule has 0 saturated carbocycles. The number of anilines is 1. The number of benzene rings is 1. The number of rotatable bonds is 1. The van der Waals surface area contributed by atoms with Crippen LogP contribution in [0.25, 0.3) is 0 Å². The largest absolute Gasteiger partial charge is 0.436 e. The van der Waals surface area contributed by atoms with Crippen LogP contribution in [0.2, 0.25) is 0 Å². The van der Waals surface area contributed by atoms with Crippen molar-refractivity contribution in [2.75, 3.05) is 5.01 Å². The van der Waals surface area contributed by atoms with Crippen molar-refractivity contribution in [2.24, 2.45) is 0 Å². The molecule has 1 aromatic rings. The quantitative estimate of drug-likeness (QED) is 0.787. The third-order valence-electron chi connectivity index (χ3n) is 2.53. The van der Waals surface area contributed by atoms with E-state index in [1.165, 1.54) is 0 Å². The summed E-state index contributed by atoms with van der Waals surface area (Å²) in [6.45, 7) is 7.56. The molecule has 0 bridgehead atoms. The summed E-state index contributed by atoms with van der Waals surface area (Å²) in [7, 11) is 0. The highest BCUT2D eigenvalue weighted by atomic mass is 16.6. The van der Waals surface area contributed by atoms with E-state index in [0.717, 1.165) is 5.69 Å². The lowest BCUT2D eigenvalue weighted by Gasteiger charge is -2.40. The minimum absolute atomic E-state index is 0.471. The Morgan fingerprint density at radius 1 is 1.31 bits per heavy atom. The molecule has 0 atom stereocenters. The molecule has 1 fully saturated rings. The average Bonchev–Trinajstić information content (AvgIpc) is 2.24. The summed E-state index contributed by atoms with van der Waals surface area (Å²) in [6, 6.07) is 9.51. The fraction of sp³-hybridized carbons (Fsp3) is 0.250. The molecular formula is C12H14N2O2. The highest BCUT2D eigenvalue weighted by Gasteiger charge is 2.36. The predicted molar refractivity (Wildman–Crippen MR) is 61.8 cm³/mol. The van der Waals surface area contributed by atoms with Crippen LogP contribution >= 0.6 is 0 Å². The molecule has 1 N–H and O–H groups in total. The van der Waals surface area contributed by atoms with Crippen molar-refractivity contribution in [1.82, 2.24) is 5.43 Å². The molecule has 1 heterocycles. The number of hydrazine groups is 1. The van der Waals surface area contributed by atoms with Gasteiger partial charge in [-0.05, 0) is 26.0 Å². The molecule has 16 heavy (non-hydrogen) atoms. The van der Waals surface area contributed by atoms with Crippen LogP contribution in [0.4, 0.5) is 10.5 Å². The van der Waals surface area contributed by atoms with Crippen molar-refractivity contribution in [3.63, 3.8) is 0 Å². The zero-order valence-electron chi connectivity index (χ0n) is 9.36. The second-order valence-electron chi connectivity index (χ2n) is 4.13. The third kappa shape index (κ3) is 1.74. The van der Waals surface area contributed by atoms with Gasteiger partial charge in [0.15, 0.2) is 0 Å². The first-order chi connectivity index (χ1) is 7.50. The first-order valence-electron chi connectivity index (χ1n) is 5.05. The number of hydrogen-bond donors (Lipinski definition) is 1. The van der Waals surface area contributed by atoms with E-state index in [1.54, 1.807) is 5.01 Å². The Balaban J connectivity index is 2.35. The van der Waals surface area contributed by atoms with Crippen LogP contribution in [0.3, 0.4) is 0 Å². The number of cyclic esters (lactones) is 1. The monoisotopic (exact) mass is 218 g/mol. The molecule has 0 unspecified atom stereocenters. The van der Waals surface area contributed by atoms with Gasteiger partial charge in [0.25, 0.3) is 0 Å². The SMILES string of the molecule is C=C1N(c2ccccc2)NC(=O)OC1(C)C.